The second-order valence-electron chi connectivity index (χ2n) is 9.05. The third-order valence-corrected chi connectivity index (χ3v) is 5.83. The molecule has 2 amide bonds. The Balaban J connectivity index is 1.60. The number of hydrogen-bond donors (Lipinski definition) is 4. The SMILES string of the molecule is CNC(=O)C1OC(n2cnc3c(N)nc(C#CCN(CC(C)C)C(=O)c4ccccc4)nc32)[C@H](O)[C@@H]1O. The largest absolute Gasteiger partial charge is 0.387 e. The fraction of sp³-hybridized carbons (Fsp3) is 0.400. The molecule has 2 aromatic heterocycles. The molecule has 0 spiro atoms. The molecule has 1 aliphatic heterocycles. The van der Waals surface area contributed by atoms with E-state index in [2.05, 4.69) is 32.1 Å². The van der Waals surface area contributed by atoms with Gasteiger partial charge in [0.25, 0.3) is 11.8 Å². The molecule has 2 unspecified atom stereocenters. The number of likely N-dealkylation sites (N-methyl/N-ethyl adjacent to an activating group) is 1. The van der Waals surface area contributed by atoms with Crippen LogP contribution in [0.3, 0.4) is 0 Å². The highest BCUT2D eigenvalue weighted by atomic mass is 16.6. The highest BCUT2D eigenvalue weighted by Crippen LogP contribution is 2.32. The van der Waals surface area contributed by atoms with E-state index in [0.29, 0.717) is 12.1 Å². The molecule has 1 saturated heterocycles. The quantitative estimate of drug-likeness (QED) is 0.334. The van der Waals surface area contributed by atoms with E-state index in [9.17, 15) is 19.8 Å². The molecule has 3 heterocycles. The minimum atomic E-state index is -1.45. The summed E-state index contributed by atoms with van der Waals surface area (Å²) in [6.07, 6.45) is -3.94. The predicted octanol–water partition coefficient (Wildman–Crippen LogP) is -0.0764. The predicted molar refractivity (Wildman–Crippen MR) is 134 cm³/mol. The van der Waals surface area contributed by atoms with E-state index in [1.54, 1.807) is 17.0 Å². The van der Waals surface area contributed by atoms with Crippen LogP contribution in [0.4, 0.5) is 5.82 Å². The van der Waals surface area contributed by atoms with Crippen LogP contribution in [0.5, 0.6) is 0 Å². The Hall–Kier alpha value is -4.05. The summed E-state index contributed by atoms with van der Waals surface area (Å²) in [4.78, 5) is 39.4. The van der Waals surface area contributed by atoms with Gasteiger partial charge >= 0.3 is 0 Å². The summed E-state index contributed by atoms with van der Waals surface area (Å²) in [5.41, 5.74) is 7.11. The number of aliphatic hydroxyl groups is 2. The number of amides is 2. The second-order valence-corrected chi connectivity index (χ2v) is 9.05. The number of nitrogen functional groups attached to an aromatic ring is 1. The number of nitrogens with two attached hydrogens (primary N) is 1. The van der Waals surface area contributed by atoms with E-state index in [0.717, 1.165) is 0 Å². The average Bonchev–Trinajstić information content (AvgIpc) is 3.44. The number of nitrogens with one attached hydrogen (secondary N) is 1. The number of carbonyl (C=O) groups is 2. The van der Waals surface area contributed by atoms with Crippen LogP contribution in [-0.4, -0.2) is 84.9 Å². The zero-order valence-electron chi connectivity index (χ0n) is 20.7. The maximum atomic E-state index is 13.0. The van der Waals surface area contributed by atoms with E-state index < -0.39 is 30.4 Å². The summed E-state index contributed by atoms with van der Waals surface area (Å²) in [5.74, 6) is 5.47. The normalized spacial score (nSPS) is 21.0. The van der Waals surface area contributed by atoms with Gasteiger partial charge in [0.1, 0.15) is 17.7 Å². The van der Waals surface area contributed by atoms with Crippen LogP contribution < -0.4 is 11.1 Å². The minimum absolute atomic E-state index is 0.0586. The Morgan fingerprint density at radius 1 is 1.22 bits per heavy atom. The molecular weight excluding hydrogens is 478 g/mol. The van der Waals surface area contributed by atoms with Crippen LogP contribution in [0, 0.1) is 17.8 Å². The molecule has 37 heavy (non-hydrogen) atoms. The van der Waals surface area contributed by atoms with Gasteiger partial charge in [0, 0.05) is 19.2 Å². The molecule has 3 aromatic rings. The number of imidazole rings is 1. The summed E-state index contributed by atoms with van der Waals surface area (Å²) in [6, 6.07) is 8.98. The van der Waals surface area contributed by atoms with Crippen LogP contribution in [0.1, 0.15) is 36.3 Å². The molecule has 0 bridgehead atoms. The summed E-state index contributed by atoms with van der Waals surface area (Å²) >= 11 is 0. The van der Waals surface area contributed by atoms with Gasteiger partial charge in [-0.05, 0) is 24.0 Å². The third kappa shape index (κ3) is 5.39. The van der Waals surface area contributed by atoms with Gasteiger partial charge in [-0.15, -0.1) is 0 Å². The first kappa shape index (κ1) is 26.0. The van der Waals surface area contributed by atoms with E-state index in [4.69, 9.17) is 10.5 Å². The Morgan fingerprint density at radius 3 is 2.62 bits per heavy atom. The first-order valence-electron chi connectivity index (χ1n) is 11.8. The van der Waals surface area contributed by atoms with Crippen molar-refractivity contribution in [1.29, 1.82) is 0 Å². The lowest BCUT2D eigenvalue weighted by molar-refractivity contribution is -0.137. The lowest BCUT2D eigenvalue weighted by Gasteiger charge is -2.22. The van der Waals surface area contributed by atoms with Crippen molar-refractivity contribution >= 4 is 28.8 Å². The van der Waals surface area contributed by atoms with Crippen molar-refractivity contribution in [2.45, 2.75) is 38.4 Å². The smallest absolute Gasteiger partial charge is 0.254 e. The molecular formula is C25H29N7O5. The van der Waals surface area contributed by atoms with Gasteiger partial charge in [0.05, 0.1) is 12.9 Å². The average molecular weight is 508 g/mol. The minimum Gasteiger partial charge on any atom is -0.387 e. The zero-order valence-corrected chi connectivity index (χ0v) is 20.7. The Bertz CT molecular complexity index is 1350. The summed E-state index contributed by atoms with van der Waals surface area (Å²) in [5, 5.41) is 23.2. The van der Waals surface area contributed by atoms with E-state index in [1.807, 2.05) is 32.0 Å². The van der Waals surface area contributed by atoms with Crippen molar-refractivity contribution in [3.8, 4) is 11.8 Å². The molecule has 0 radical (unpaired) electrons. The number of aromatic nitrogens is 4. The fourth-order valence-electron chi connectivity index (χ4n) is 4.07. The molecule has 1 aromatic carbocycles. The lowest BCUT2D eigenvalue weighted by Crippen LogP contribution is -2.41. The molecule has 1 aliphatic rings. The maximum absolute atomic E-state index is 13.0. The molecule has 12 heteroatoms. The van der Waals surface area contributed by atoms with Crippen LogP contribution in [0.15, 0.2) is 36.7 Å². The Morgan fingerprint density at radius 2 is 1.95 bits per heavy atom. The summed E-state index contributed by atoms with van der Waals surface area (Å²) in [6.45, 7) is 4.70. The number of fused-ring (bicyclic) bond motifs is 1. The van der Waals surface area contributed by atoms with Gasteiger partial charge in [-0.1, -0.05) is 38.0 Å². The molecule has 5 N–H and O–H groups in total. The number of nitrogens with zero attached hydrogens (tertiary/aromatic N) is 5. The van der Waals surface area contributed by atoms with Gasteiger partial charge in [0.15, 0.2) is 23.8 Å². The van der Waals surface area contributed by atoms with E-state index in [1.165, 1.54) is 17.9 Å². The standard InChI is InChI=1S/C25H29N7O5/c1-14(2)12-31(24(36)15-8-5-4-6-9-15)11-7-10-16-29-21(26)17-22(30-16)32(13-28-17)25-19(34)18(33)20(37-25)23(35)27-3/h4-6,8-9,13-14,18-20,25,33-34H,11-12H2,1-3H3,(H,27,35)(H2,26,29,30)/t18-,19+,20?,25?/m0/s1. The molecule has 12 nitrogen and oxygen atoms in total. The number of carbonyl (C=O) groups excluding carboxylic acids is 2. The second kappa shape index (κ2) is 10.9. The first-order chi connectivity index (χ1) is 17.7. The molecule has 4 atom stereocenters. The zero-order chi connectivity index (χ0) is 26.7. The first-order valence-corrected chi connectivity index (χ1v) is 11.8. The van der Waals surface area contributed by atoms with Gasteiger partial charge < -0.3 is 30.9 Å². The van der Waals surface area contributed by atoms with Crippen molar-refractivity contribution in [3.05, 3.63) is 48.0 Å². The summed E-state index contributed by atoms with van der Waals surface area (Å²) in [7, 11) is 1.40. The molecule has 194 valence electrons. The van der Waals surface area contributed by atoms with Crippen molar-refractivity contribution in [2.75, 3.05) is 25.9 Å². The number of aliphatic hydroxyl groups excluding tert-OH is 2. The van der Waals surface area contributed by atoms with Crippen molar-refractivity contribution < 1.29 is 24.5 Å². The molecule has 0 aliphatic carbocycles. The van der Waals surface area contributed by atoms with Crippen LogP contribution in [0.2, 0.25) is 0 Å². The number of ether oxygens (including phenoxy) is 1. The Kier molecular flexibility index (Phi) is 7.68. The molecule has 0 saturated carbocycles. The van der Waals surface area contributed by atoms with Crippen molar-refractivity contribution in [1.82, 2.24) is 29.7 Å². The topological polar surface area (TPSA) is 169 Å². The van der Waals surface area contributed by atoms with Gasteiger partial charge in [-0.2, -0.15) is 0 Å². The number of hydrogen-bond acceptors (Lipinski definition) is 9. The summed E-state index contributed by atoms with van der Waals surface area (Å²) < 4.78 is 6.99. The van der Waals surface area contributed by atoms with Gasteiger partial charge in [-0.3, -0.25) is 14.2 Å². The monoisotopic (exact) mass is 507 g/mol. The van der Waals surface area contributed by atoms with Crippen LogP contribution in [-0.2, 0) is 9.53 Å². The number of anilines is 1. The van der Waals surface area contributed by atoms with Crippen LogP contribution in [0.25, 0.3) is 11.2 Å². The highest BCUT2D eigenvalue weighted by molar-refractivity contribution is 5.94. The van der Waals surface area contributed by atoms with Crippen molar-refractivity contribution in [3.63, 3.8) is 0 Å². The Labute approximate surface area is 213 Å². The van der Waals surface area contributed by atoms with Gasteiger partial charge in [0.2, 0.25) is 5.82 Å². The highest BCUT2D eigenvalue weighted by Gasteiger charge is 2.47. The lowest BCUT2D eigenvalue weighted by atomic mass is 10.1. The fourth-order valence-corrected chi connectivity index (χ4v) is 4.07. The van der Waals surface area contributed by atoms with Gasteiger partial charge in [-0.25, -0.2) is 15.0 Å². The van der Waals surface area contributed by atoms with Crippen LogP contribution >= 0.6 is 0 Å². The maximum Gasteiger partial charge on any atom is 0.254 e. The third-order valence-electron chi connectivity index (χ3n) is 5.83. The number of benzene rings is 1. The number of rotatable bonds is 6. The molecule has 4 rings (SSSR count). The molecule has 1 fully saturated rings. The van der Waals surface area contributed by atoms with E-state index in [-0.39, 0.29) is 41.2 Å². The van der Waals surface area contributed by atoms with E-state index >= 15 is 0 Å². The van der Waals surface area contributed by atoms with Crippen molar-refractivity contribution in [2.24, 2.45) is 5.92 Å².